The number of nitrogens with one attached hydrogen (secondary N) is 1. The molecule has 1 rings (SSSR count). The summed E-state index contributed by atoms with van der Waals surface area (Å²) in [5.41, 5.74) is 1.58. The summed E-state index contributed by atoms with van der Waals surface area (Å²) in [4.78, 5) is 5.12. The maximum absolute atomic E-state index is 9.09. The van der Waals surface area contributed by atoms with Crippen LogP contribution in [0.3, 0.4) is 0 Å². The predicted molar refractivity (Wildman–Crippen MR) is 61.0 cm³/mol. The van der Waals surface area contributed by atoms with Gasteiger partial charge in [0.05, 0.1) is 13.1 Å². The Hall–Kier alpha value is -1.27. The lowest BCUT2D eigenvalue weighted by Crippen LogP contribution is -2.30. The standard InChI is InChI=1S/C11H14ClN3/c1-4-15(5-2)11-9(7-13)8(3)6-10(12)14-11/h6H,4-5H2,1-3H3/p+1. The van der Waals surface area contributed by atoms with Crippen molar-refractivity contribution in [1.29, 1.82) is 5.26 Å². The molecule has 0 atom stereocenters. The van der Waals surface area contributed by atoms with Gasteiger partial charge in [-0.15, -0.1) is 0 Å². The Morgan fingerprint density at radius 3 is 2.53 bits per heavy atom. The molecule has 3 nitrogen and oxygen atoms in total. The van der Waals surface area contributed by atoms with Crippen LogP contribution in [0.25, 0.3) is 0 Å². The third kappa shape index (κ3) is 2.40. The second kappa shape index (κ2) is 4.99. The fourth-order valence-electron chi connectivity index (χ4n) is 1.58. The number of anilines is 1. The average Bonchev–Trinajstić information content (AvgIpc) is 2.19. The van der Waals surface area contributed by atoms with Crippen molar-refractivity contribution in [3.63, 3.8) is 0 Å². The summed E-state index contributed by atoms with van der Waals surface area (Å²) in [6.07, 6.45) is 0. The van der Waals surface area contributed by atoms with Crippen molar-refractivity contribution in [2.75, 3.05) is 18.0 Å². The quantitative estimate of drug-likeness (QED) is 0.739. The Kier molecular flexibility index (Phi) is 3.93. The van der Waals surface area contributed by atoms with Gasteiger partial charge in [-0.05, 0) is 37.9 Å². The minimum atomic E-state index is 0.563. The molecule has 0 saturated carbocycles. The van der Waals surface area contributed by atoms with Crippen molar-refractivity contribution in [1.82, 2.24) is 0 Å². The molecule has 0 aliphatic carbocycles. The van der Waals surface area contributed by atoms with Gasteiger partial charge in [-0.25, -0.2) is 4.98 Å². The van der Waals surface area contributed by atoms with Crippen molar-refractivity contribution in [3.8, 4) is 6.07 Å². The number of halogens is 1. The zero-order chi connectivity index (χ0) is 11.4. The van der Waals surface area contributed by atoms with Crippen molar-refractivity contribution in [2.45, 2.75) is 20.8 Å². The number of hydrogen-bond acceptors (Lipinski definition) is 2. The third-order valence-corrected chi connectivity index (χ3v) is 2.61. The SMILES string of the molecule is CCN(CC)c1[nH+]c(Cl)cc(C)c1C#N. The molecule has 1 N–H and O–H groups in total. The first-order valence-corrected chi connectivity index (χ1v) is 5.39. The second-order valence-corrected chi connectivity index (χ2v) is 3.72. The van der Waals surface area contributed by atoms with Crippen LogP contribution in [0.4, 0.5) is 5.82 Å². The summed E-state index contributed by atoms with van der Waals surface area (Å²) in [7, 11) is 0. The lowest BCUT2D eigenvalue weighted by Gasteiger charge is -2.14. The Labute approximate surface area is 95.3 Å². The Morgan fingerprint density at radius 1 is 1.47 bits per heavy atom. The number of rotatable bonds is 3. The molecule has 0 radical (unpaired) electrons. The number of aromatic amines is 1. The van der Waals surface area contributed by atoms with Crippen LogP contribution in [0, 0.1) is 18.3 Å². The van der Waals surface area contributed by atoms with Gasteiger partial charge in [0.2, 0.25) is 0 Å². The molecule has 80 valence electrons. The minimum Gasteiger partial charge on any atom is -0.261 e. The van der Waals surface area contributed by atoms with Crippen LogP contribution in [-0.4, -0.2) is 13.1 Å². The monoisotopic (exact) mass is 224 g/mol. The highest BCUT2D eigenvalue weighted by Gasteiger charge is 2.20. The molecule has 0 spiro atoms. The lowest BCUT2D eigenvalue weighted by molar-refractivity contribution is -0.361. The van der Waals surface area contributed by atoms with E-state index < -0.39 is 0 Å². The van der Waals surface area contributed by atoms with Gasteiger partial charge in [0.15, 0.2) is 5.15 Å². The summed E-state index contributed by atoms with van der Waals surface area (Å²) in [5.74, 6) is 0.813. The summed E-state index contributed by atoms with van der Waals surface area (Å²) in [5, 5.41) is 9.65. The van der Waals surface area contributed by atoms with Gasteiger partial charge in [0.25, 0.3) is 5.82 Å². The molecule has 0 unspecified atom stereocenters. The van der Waals surface area contributed by atoms with E-state index in [4.69, 9.17) is 16.9 Å². The highest BCUT2D eigenvalue weighted by atomic mass is 35.5. The van der Waals surface area contributed by atoms with Crippen molar-refractivity contribution in [3.05, 3.63) is 22.3 Å². The number of pyridine rings is 1. The van der Waals surface area contributed by atoms with E-state index >= 15 is 0 Å². The minimum absolute atomic E-state index is 0.563. The molecule has 0 aliphatic heterocycles. The molecule has 1 aromatic heterocycles. The van der Waals surface area contributed by atoms with Crippen LogP contribution in [-0.2, 0) is 0 Å². The van der Waals surface area contributed by atoms with E-state index in [9.17, 15) is 0 Å². The normalized spacial score (nSPS) is 9.80. The summed E-state index contributed by atoms with van der Waals surface area (Å²) in [6.45, 7) is 7.69. The topological polar surface area (TPSA) is 41.2 Å². The average molecular weight is 225 g/mol. The van der Waals surface area contributed by atoms with Gasteiger partial charge in [0.1, 0.15) is 11.6 Å². The fraction of sp³-hybridized carbons (Fsp3) is 0.455. The van der Waals surface area contributed by atoms with Gasteiger partial charge >= 0.3 is 0 Å². The molecule has 0 fully saturated rings. The molecule has 0 aliphatic rings. The maximum Gasteiger partial charge on any atom is 0.293 e. The van der Waals surface area contributed by atoms with Crippen LogP contribution in [0.1, 0.15) is 25.0 Å². The molecule has 0 saturated heterocycles. The van der Waals surface area contributed by atoms with Gasteiger partial charge < -0.3 is 0 Å². The van der Waals surface area contributed by atoms with E-state index in [0.29, 0.717) is 10.7 Å². The number of hydrogen-bond donors (Lipinski definition) is 0. The van der Waals surface area contributed by atoms with Crippen LogP contribution in [0.5, 0.6) is 0 Å². The van der Waals surface area contributed by atoms with Crippen molar-refractivity contribution in [2.24, 2.45) is 0 Å². The summed E-state index contributed by atoms with van der Waals surface area (Å²) in [6, 6.07) is 3.98. The van der Waals surface area contributed by atoms with Crippen LogP contribution >= 0.6 is 11.6 Å². The second-order valence-electron chi connectivity index (χ2n) is 3.31. The summed E-state index contributed by atoms with van der Waals surface area (Å²) < 4.78 is 0. The zero-order valence-electron chi connectivity index (χ0n) is 9.26. The first-order chi connectivity index (χ1) is 7.13. The molecule has 0 bridgehead atoms. The number of aryl methyl sites for hydroxylation is 1. The first kappa shape index (κ1) is 11.8. The number of H-pyrrole nitrogens is 1. The summed E-state index contributed by atoms with van der Waals surface area (Å²) >= 11 is 5.95. The molecule has 4 heteroatoms. The van der Waals surface area contributed by atoms with Crippen molar-refractivity contribution < 1.29 is 4.98 Å². The van der Waals surface area contributed by atoms with Gasteiger partial charge in [-0.2, -0.15) is 5.26 Å². The lowest BCUT2D eigenvalue weighted by atomic mass is 10.1. The molecular weight excluding hydrogens is 210 g/mol. The highest BCUT2D eigenvalue weighted by Crippen LogP contribution is 2.19. The van der Waals surface area contributed by atoms with Crippen LogP contribution in [0.2, 0.25) is 5.15 Å². The van der Waals surface area contributed by atoms with E-state index in [-0.39, 0.29) is 0 Å². The van der Waals surface area contributed by atoms with Crippen LogP contribution < -0.4 is 9.88 Å². The molecular formula is C11H15ClN3+. The highest BCUT2D eigenvalue weighted by molar-refractivity contribution is 6.28. The Balaban J connectivity index is 3.32. The fourth-order valence-corrected chi connectivity index (χ4v) is 1.83. The molecule has 0 amide bonds. The number of nitriles is 1. The molecule has 15 heavy (non-hydrogen) atoms. The van der Waals surface area contributed by atoms with Gasteiger partial charge in [-0.1, -0.05) is 0 Å². The predicted octanol–water partition coefficient (Wildman–Crippen LogP) is 2.18. The Morgan fingerprint density at radius 2 is 2.07 bits per heavy atom. The first-order valence-electron chi connectivity index (χ1n) is 5.01. The van der Waals surface area contributed by atoms with Crippen LogP contribution in [0.15, 0.2) is 6.07 Å². The van der Waals surface area contributed by atoms with Gasteiger partial charge in [-0.3, -0.25) is 4.90 Å². The van der Waals surface area contributed by atoms with E-state index in [1.54, 1.807) is 6.07 Å². The smallest absolute Gasteiger partial charge is 0.261 e. The third-order valence-electron chi connectivity index (χ3n) is 2.40. The van der Waals surface area contributed by atoms with Gasteiger partial charge in [0, 0.05) is 6.07 Å². The Bertz CT molecular complexity index is 392. The largest absolute Gasteiger partial charge is 0.293 e. The van der Waals surface area contributed by atoms with Crippen molar-refractivity contribution >= 4 is 17.4 Å². The molecule has 0 aromatic carbocycles. The van der Waals surface area contributed by atoms with E-state index in [1.165, 1.54) is 0 Å². The molecule has 1 aromatic rings. The van der Waals surface area contributed by atoms with E-state index in [0.717, 1.165) is 24.5 Å². The maximum atomic E-state index is 9.09. The number of aromatic nitrogens is 1. The van der Waals surface area contributed by atoms with E-state index in [1.807, 2.05) is 6.92 Å². The zero-order valence-corrected chi connectivity index (χ0v) is 10.0. The molecule has 1 heterocycles. The number of nitrogens with zero attached hydrogens (tertiary/aromatic N) is 2. The van der Waals surface area contributed by atoms with E-state index in [2.05, 4.69) is 29.8 Å².